The fourth-order valence-corrected chi connectivity index (χ4v) is 11.1. The van der Waals surface area contributed by atoms with Crippen LogP contribution in [0.3, 0.4) is 0 Å². The lowest BCUT2D eigenvalue weighted by molar-refractivity contribution is -0.178. The van der Waals surface area contributed by atoms with Gasteiger partial charge >= 0.3 is 0 Å². The van der Waals surface area contributed by atoms with E-state index < -0.39 is 13.9 Å². The van der Waals surface area contributed by atoms with Crippen molar-refractivity contribution < 1.29 is 14.6 Å². The van der Waals surface area contributed by atoms with E-state index in [1.54, 1.807) is 0 Å². The Kier molecular flexibility index (Phi) is 7.54. The molecule has 3 nitrogen and oxygen atoms in total. The lowest BCUT2D eigenvalue weighted by atomic mass is 9.43. The summed E-state index contributed by atoms with van der Waals surface area (Å²) in [7, 11) is -1.80. The number of fused-ring (bicyclic) bond motifs is 5. The summed E-state index contributed by atoms with van der Waals surface area (Å²) in [5, 5.41) is 23.4. The van der Waals surface area contributed by atoms with Crippen molar-refractivity contribution >= 4 is 8.32 Å². The van der Waals surface area contributed by atoms with Crippen LogP contribution in [-0.2, 0) is 4.43 Å². The van der Waals surface area contributed by atoms with Gasteiger partial charge in [0.2, 0.25) is 0 Å². The predicted molar refractivity (Wildman–Crippen MR) is 149 cm³/mol. The van der Waals surface area contributed by atoms with Gasteiger partial charge in [-0.15, -0.1) is 0 Å². The molecule has 0 aliphatic heterocycles. The minimum atomic E-state index is -1.80. The molecule has 4 aliphatic rings. The van der Waals surface area contributed by atoms with Gasteiger partial charge in [0.25, 0.3) is 0 Å². The molecule has 0 heterocycles. The molecule has 10 atom stereocenters. The van der Waals surface area contributed by atoms with Gasteiger partial charge < -0.3 is 14.6 Å². The molecule has 0 spiro atoms. The molecule has 0 aromatic carbocycles. The van der Waals surface area contributed by atoms with Crippen molar-refractivity contribution in [1.82, 2.24) is 0 Å². The van der Waals surface area contributed by atoms with Gasteiger partial charge in [-0.3, -0.25) is 0 Å². The molecule has 4 saturated carbocycles. The Morgan fingerprint density at radius 3 is 2.14 bits per heavy atom. The topological polar surface area (TPSA) is 49.7 Å². The molecule has 35 heavy (non-hydrogen) atoms. The van der Waals surface area contributed by atoms with E-state index in [0.717, 1.165) is 44.4 Å². The van der Waals surface area contributed by atoms with Crippen LogP contribution in [0.5, 0.6) is 0 Å². The van der Waals surface area contributed by atoms with Crippen LogP contribution in [0.2, 0.25) is 18.1 Å². The monoisotopic (exact) mass is 506 g/mol. The molecule has 2 N–H and O–H groups in total. The van der Waals surface area contributed by atoms with Crippen molar-refractivity contribution in [3.63, 3.8) is 0 Å². The summed E-state index contributed by atoms with van der Waals surface area (Å²) in [6.07, 6.45) is 12.7. The van der Waals surface area contributed by atoms with Gasteiger partial charge in [-0.2, -0.15) is 0 Å². The minimum Gasteiger partial charge on any atom is -0.414 e. The fourth-order valence-electron chi connectivity index (χ4n) is 9.69. The first kappa shape index (κ1) is 28.1. The molecule has 4 heteroatoms. The van der Waals surface area contributed by atoms with Crippen LogP contribution in [0.15, 0.2) is 0 Å². The Hall–Kier alpha value is 0.0969. The second kappa shape index (κ2) is 9.38. The lowest BCUT2D eigenvalue weighted by Gasteiger charge is -2.63. The molecule has 0 saturated heterocycles. The maximum absolute atomic E-state index is 11.6. The SMILES string of the molecule is CCCC[C@](C)(O)[C@H]1CC[C@H]2[C@@H]3C[C@H](O)[C@H]4CC(O[Si](C)(C)C(C)(C)C)CC[C@]4(C)[C@H]3CC[C@@]21C. The lowest BCUT2D eigenvalue weighted by Crippen LogP contribution is -2.59. The molecule has 0 radical (unpaired) electrons. The maximum Gasteiger partial charge on any atom is 0.192 e. The van der Waals surface area contributed by atoms with E-state index in [9.17, 15) is 10.2 Å². The Morgan fingerprint density at radius 1 is 0.886 bits per heavy atom. The fraction of sp³-hybridized carbons (Fsp3) is 1.00. The van der Waals surface area contributed by atoms with Crippen molar-refractivity contribution in [2.75, 3.05) is 0 Å². The molecule has 0 amide bonds. The maximum atomic E-state index is 11.6. The summed E-state index contributed by atoms with van der Waals surface area (Å²) in [6.45, 7) is 21.2. The van der Waals surface area contributed by atoms with Crippen LogP contribution in [0.25, 0.3) is 0 Å². The molecule has 4 rings (SSSR count). The van der Waals surface area contributed by atoms with Crippen LogP contribution in [0.4, 0.5) is 0 Å². The summed E-state index contributed by atoms with van der Waals surface area (Å²) in [4.78, 5) is 0. The van der Waals surface area contributed by atoms with Crippen molar-refractivity contribution in [1.29, 1.82) is 0 Å². The second-order valence-electron chi connectivity index (χ2n) is 15.7. The van der Waals surface area contributed by atoms with Crippen LogP contribution in [0, 0.1) is 40.4 Å². The first-order valence-electron chi connectivity index (χ1n) is 15.1. The van der Waals surface area contributed by atoms with Crippen molar-refractivity contribution in [3.05, 3.63) is 0 Å². The largest absolute Gasteiger partial charge is 0.414 e. The summed E-state index contributed by atoms with van der Waals surface area (Å²) in [6, 6.07) is 0. The van der Waals surface area contributed by atoms with E-state index >= 15 is 0 Å². The van der Waals surface area contributed by atoms with E-state index in [2.05, 4.69) is 61.6 Å². The molecular weight excluding hydrogens is 448 g/mol. The zero-order valence-corrected chi connectivity index (χ0v) is 25.6. The third-order valence-electron chi connectivity index (χ3n) is 12.7. The Bertz CT molecular complexity index is 757. The molecule has 204 valence electrons. The van der Waals surface area contributed by atoms with E-state index in [-0.39, 0.29) is 22.0 Å². The normalized spacial score (nSPS) is 45.9. The van der Waals surface area contributed by atoms with Crippen molar-refractivity contribution in [3.8, 4) is 0 Å². The van der Waals surface area contributed by atoms with Gasteiger partial charge in [-0.1, -0.05) is 54.4 Å². The highest BCUT2D eigenvalue weighted by Gasteiger charge is 2.64. The minimum absolute atomic E-state index is 0.200. The number of hydrogen-bond acceptors (Lipinski definition) is 3. The number of aliphatic hydroxyl groups excluding tert-OH is 1. The van der Waals surface area contributed by atoms with E-state index in [1.165, 1.54) is 32.1 Å². The van der Waals surface area contributed by atoms with E-state index in [0.29, 0.717) is 29.8 Å². The van der Waals surface area contributed by atoms with Gasteiger partial charge in [-0.25, -0.2) is 0 Å². The molecule has 4 fully saturated rings. The highest BCUT2D eigenvalue weighted by molar-refractivity contribution is 6.74. The quantitative estimate of drug-likeness (QED) is 0.359. The Balaban J connectivity index is 1.51. The summed E-state index contributed by atoms with van der Waals surface area (Å²) in [5.74, 6) is 2.79. The standard InChI is InChI=1S/C31H58O3Si/c1-10-11-16-31(7,33)27-13-12-23-22-20-26(32)25-19-21(34-35(8,9)28(2,3)4)14-17-29(25,5)24(22)15-18-30(23,27)6/h21-27,32-33H,10-20H2,1-9H3/t21?,22-,23-,24-,25+,26-,27-,29+,30-,31-/m0/s1. The molecule has 4 aliphatic carbocycles. The third-order valence-corrected chi connectivity index (χ3v) is 17.2. The van der Waals surface area contributed by atoms with Gasteiger partial charge in [0.05, 0.1) is 11.7 Å². The van der Waals surface area contributed by atoms with Crippen LogP contribution < -0.4 is 0 Å². The van der Waals surface area contributed by atoms with Gasteiger partial charge in [0.15, 0.2) is 8.32 Å². The van der Waals surface area contributed by atoms with Gasteiger partial charge in [0.1, 0.15) is 0 Å². The van der Waals surface area contributed by atoms with Crippen LogP contribution in [-0.4, -0.2) is 36.3 Å². The van der Waals surface area contributed by atoms with Crippen LogP contribution >= 0.6 is 0 Å². The molecular formula is C31H58O3Si. The second-order valence-corrected chi connectivity index (χ2v) is 20.5. The Labute approximate surface area is 218 Å². The first-order valence-corrected chi connectivity index (χ1v) is 18.1. The number of unbranched alkanes of at least 4 members (excludes halogenated alkanes) is 1. The third kappa shape index (κ3) is 4.74. The average Bonchev–Trinajstić information content (AvgIpc) is 3.11. The average molecular weight is 507 g/mol. The highest BCUT2D eigenvalue weighted by atomic mass is 28.4. The van der Waals surface area contributed by atoms with E-state index in [4.69, 9.17) is 4.43 Å². The van der Waals surface area contributed by atoms with Gasteiger partial charge in [-0.05, 0) is 123 Å². The number of aliphatic hydroxyl groups is 2. The number of hydrogen-bond donors (Lipinski definition) is 2. The van der Waals surface area contributed by atoms with Crippen LogP contribution in [0.1, 0.15) is 119 Å². The zero-order valence-electron chi connectivity index (χ0n) is 24.6. The number of rotatable bonds is 6. The van der Waals surface area contributed by atoms with Gasteiger partial charge in [0, 0.05) is 6.10 Å². The molecule has 0 aromatic rings. The first-order chi connectivity index (χ1) is 16.1. The Morgan fingerprint density at radius 2 is 1.51 bits per heavy atom. The summed E-state index contributed by atoms with van der Waals surface area (Å²) in [5.41, 5.74) is -0.0883. The predicted octanol–water partition coefficient (Wildman–Crippen LogP) is 7.95. The summed E-state index contributed by atoms with van der Waals surface area (Å²) >= 11 is 0. The smallest absolute Gasteiger partial charge is 0.192 e. The molecule has 0 aromatic heterocycles. The molecule has 1 unspecified atom stereocenters. The van der Waals surface area contributed by atoms with E-state index in [1.807, 2.05) is 0 Å². The highest BCUT2D eigenvalue weighted by Crippen LogP contribution is 2.69. The zero-order chi connectivity index (χ0) is 26.0. The summed E-state index contributed by atoms with van der Waals surface area (Å²) < 4.78 is 6.89. The molecule has 0 bridgehead atoms. The van der Waals surface area contributed by atoms with Crippen molar-refractivity contribution in [2.24, 2.45) is 40.4 Å². The van der Waals surface area contributed by atoms with Crippen molar-refractivity contribution in [2.45, 2.75) is 155 Å².